The van der Waals surface area contributed by atoms with Crippen molar-refractivity contribution in [1.29, 1.82) is 0 Å². The average molecular weight is 255 g/mol. The number of aromatic amines is 1. The summed E-state index contributed by atoms with van der Waals surface area (Å²) < 4.78 is 1.93. The average Bonchev–Trinajstić information content (AvgIpc) is 2.90. The first-order valence-corrected chi connectivity index (χ1v) is 6.40. The second-order valence-corrected chi connectivity index (χ2v) is 4.76. The van der Waals surface area contributed by atoms with Crippen molar-refractivity contribution < 1.29 is 0 Å². The Morgan fingerprint density at radius 2 is 2.11 bits per heavy atom. The number of aryl methyl sites for hydroxylation is 2. The Kier molecular flexibility index (Phi) is 2.83. The van der Waals surface area contributed by atoms with Crippen molar-refractivity contribution in [3.63, 3.8) is 0 Å². The van der Waals surface area contributed by atoms with Gasteiger partial charge in [0.2, 0.25) is 0 Å². The van der Waals surface area contributed by atoms with Crippen LogP contribution in [0.1, 0.15) is 17.0 Å². The predicted molar refractivity (Wildman–Crippen MR) is 75.0 cm³/mol. The Labute approximate surface area is 111 Å². The standard InChI is InChI=1S/C14H17N5/c1-9-4-3-5-11(8-9)13-17-14-16-10(2)12(6-7-15)19(14)18-13/h3-5,8H,6-7,15H2,1-2H3,(H,16,17,18). The zero-order chi connectivity index (χ0) is 13.4. The third-order valence-electron chi connectivity index (χ3n) is 3.26. The minimum absolute atomic E-state index is 0.605. The largest absolute Gasteiger partial charge is 0.330 e. The van der Waals surface area contributed by atoms with Crippen LogP contribution in [-0.4, -0.2) is 26.1 Å². The molecule has 0 bridgehead atoms. The van der Waals surface area contributed by atoms with E-state index in [9.17, 15) is 0 Å². The maximum absolute atomic E-state index is 5.64. The molecule has 1 aromatic carbocycles. The number of H-pyrrole nitrogens is 1. The van der Waals surface area contributed by atoms with Crippen molar-refractivity contribution in [2.45, 2.75) is 20.3 Å². The molecule has 3 rings (SSSR count). The van der Waals surface area contributed by atoms with Gasteiger partial charge in [0, 0.05) is 12.0 Å². The summed E-state index contributed by atoms with van der Waals surface area (Å²) in [5, 5.41) is 3.30. The molecule has 0 aliphatic carbocycles. The fourth-order valence-corrected chi connectivity index (χ4v) is 2.32. The number of hydrogen-bond donors (Lipinski definition) is 2. The van der Waals surface area contributed by atoms with Crippen LogP contribution in [0.3, 0.4) is 0 Å². The number of aromatic nitrogens is 4. The van der Waals surface area contributed by atoms with Crippen molar-refractivity contribution in [2.24, 2.45) is 5.73 Å². The number of hydrogen-bond acceptors (Lipinski definition) is 3. The summed E-state index contributed by atoms with van der Waals surface area (Å²) in [6, 6.07) is 8.25. The van der Waals surface area contributed by atoms with Gasteiger partial charge in [-0.1, -0.05) is 23.8 Å². The number of nitrogens with zero attached hydrogens (tertiary/aromatic N) is 3. The second-order valence-electron chi connectivity index (χ2n) is 4.76. The van der Waals surface area contributed by atoms with E-state index < -0.39 is 0 Å². The molecule has 0 unspecified atom stereocenters. The van der Waals surface area contributed by atoms with Gasteiger partial charge < -0.3 is 5.73 Å². The summed E-state index contributed by atoms with van der Waals surface area (Å²) in [5.41, 5.74) is 10.0. The van der Waals surface area contributed by atoms with Gasteiger partial charge in [-0.15, -0.1) is 0 Å². The molecule has 0 spiro atoms. The van der Waals surface area contributed by atoms with E-state index in [0.29, 0.717) is 12.3 Å². The number of nitrogens with two attached hydrogens (primary N) is 1. The zero-order valence-electron chi connectivity index (χ0n) is 11.1. The van der Waals surface area contributed by atoms with Gasteiger partial charge in [-0.05, 0) is 26.5 Å². The summed E-state index contributed by atoms with van der Waals surface area (Å²) in [4.78, 5) is 9.01. The molecule has 0 amide bonds. The second kappa shape index (κ2) is 4.51. The van der Waals surface area contributed by atoms with Crippen molar-refractivity contribution in [2.75, 3.05) is 6.54 Å². The van der Waals surface area contributed by atoms with Gasteiger partial charge in [-0.25, -0.2) is 9.50 Å². The molecule has 0 aliphatic rings. The van der Waals surface area contributed by atoms with Crippen molar-refractivity contribution in [3.8, 4) is 11.4 Å². The lowest BCUT2D eigenvalue weighted by molar-refractivity contribution is 0.835. The van der Waals surface area contributed by atoms with E-state index in [-0.39, 0.29) is 0 Å². The molecule has 19 heavy (non-hydrogen) atoms. The highest BCUT2D eigenvalue weighted by atomic mass is 15.3. The molecule has 3 N–H and O–H groups in total. The molecule has 0 fully saturated rings. The molecule has 98 valence electrons. The summed E-state index contributed by atoms with van der Waals surface area (Å²) >= 11 is 0. The fourth-order valence-electron chi connectivity index (χ4n) is 2.32. The van der Waals surface area contributed by atoms with Crippen LogP contribution >= 0.6 is 0 Å². The van der Waals surface area contributed by atoms with Crippen molar-refractivity contribution in [1.82, 2.24) is 19.6 Å². The SMILES string of the molecule is Cc1cccc(-c2nc3nc(C)c(CCN)n3[nH]2)c1. The molecule has 0 atom stereocenters. The van der Waals surface area contributed by atoms with Gasteiger partial charge in [-0.3, -0.25) is 5.10 Å². The van der Waals surface area contributed by atoms with E-state index in [0.717, 1.165) is 29.2 Å². The first kappa shape index (κ1) is 11.9. The Bertz CT molecular complexity index is 723. The van der Waals surface area contributed by atoms with Crippen LogP contribution in [0.4, 0.5) is 0 Å². The van der Waals surface area contributed by atoms with Gasteiger partial charge in [-0.2, -0.15) is 4.98 Å². The zero-order valence-corrected chi connectivity index (χ0v) is 11.1. The lowest BCUT2D eigenvalue weighted by atomic mass is 10.1. The number of benzene rings is 1. The van der Waals surface area contributed by atoms with Crippen LogP contribution < -0.4 is 5.73 Å². The lowest BCUT2D eigenvalue weighted by Crippen LogP contribution is -2.06. The number of fused-ring (bicyclic) bond motifs is 1. The summed E-state index contributed by atoms with van der Waals surface area (Å²) in [7, 11) is 0. The molecule has 0 aliphatic heterocycles. The van der Waals surface area contributed by atoms with E-state index >= 15 is 0 Å². The molecule has 5 heteroatoms. The van der Waals surface area contributed by atoms with E-state index in [2.05, 4.69) is 34.1 Å². The first-order chi connectivity index (χ1) is 9.19. The van der Waals surface area contributed by atoms with E-state index in [4.69, 9.17) is 5.73 Å². The quantitative estimate of drug-likeness (QED) is 0.750. The topological polar surface area (TPSA) is 72.0 Å². The smallest absolute Gasteiger partial charge is 0.251 e. The monoisotopic (exact) mass is 255 g/mol. The molecule has 3 aromatic rings. The van der Waals surface area contributed by atoms with Crippen LogP contribution in [0.25, 0.3) is 17.2 Å². The van der Waals surface area contributed by atoms with Gasteiger partial charge in [0.15, 0.2) is 5.82 Å². The molecule has 0 saturated heterocycles. The fraction of sp³-hybridized carbons (Fsp3) is 0.286. The lowest BCUT2D eigenvalue weighted by Gasteiger charge is -1.99. The van der Waals surface area contributed by atoms with Crippen LogP contribution in [0.5, 0.6) is 0 Å². The molecule has 0 saturated carbocycles. The third-order valence-corrected chi connectivity index (χ3v) is 3.26. The van der Waals surface area contributed by atoms with Gasteiger partial charge in [0.25, 0.3) is 5.78 Å². The maximum atomic E-state index is 5.64. The minimum atomic E-state index is 0.605. The van der Waals surface area contributed by atoms with Crippen LogP contribution in [0.15, 0.2) is 24.3 Å². The summed E-state index contributed by atoms with van der Waals surface area (Å²) in [6.45, 7) is 4.66. The van der Waals surface area contributed by atoms with Gasteiger partial charge in [0.05, 0.1) is 11.4 Å². The molecular formula is C14H17N5. The van der Waals surface area contributed by atoms with Crippen LogP contribution in [-0.2, 0) is 6.42 Å². The Morgan fingerprint density at radius 3 is 2.84 bits per heavy atom. The number of nitrogens with one attached hydrogen (secondary N) is 1. The Hall–Kier alpha value is -2.14. The molecule has 5 nitrogen and oxygen atoms in total. The highest BCUT2D eigenvalue weighted by molar-refractivity contribution is 5.58. The van der Waals surface area contributed by atoms with Crippen LogP contribution in [0, 0.1) is 13.8 Å². The minimum Gasteiger partial charge on any atom is -0.330 e. The van der Waals surface area contributed by atoms with E-state index in [1.165, 1.54) is 5.56 Å². The first-order valence-electron chi connectivity index (χ1n) is 6.40. The Balaban J connectivity index is 2.12. The molecule has 2 aromatic heterocycles. The van der Waals surface area contributed by atoms with Crippen molar-refractivity contribution >= 4 is 5.78 Å². The normalized spacial score (nSPS) is 11.3. The highest BCUT2D eigenvalue weighted by Gasteiger charge is 2.13. The van der Waals surface area contributed by atoms with E-state index in [1.807, 2.05) is 23.6 Å². The molecule has 2 heterocycles. The molecular weight excluding hydrogens is 238 g/mol. The summed E-state index contributed by atoms with van der Waals surface area (Å²) in [6.07, 6.45) is 0.794. The number of imidazole rings is 1. The van der Waals surface area contributed by atoms with E-state index in [1.54, 1.807) is 0 Å². The highest BCUT2D eigenvalue weighted by Crippen LogP contribution is 2.19. The maximum Gasteiger partial charge on any atom is 0.251 e. The summed E-state index contributed by atoms with van der Waals surface area (Å²) in [5.74, 6) is 1.54. The Morgan fingerprint density at radius 1 is 1.26 bits per heavy atom. The third kappa shape index (κ3) is 2.02. The predicted octanol–water partition coefficient (Wildman–Crippen LogP) is 1.84. The van der Waals surface area contributed by atoms with Crippen LogP contribution in [0.2, 0.25) is 0 Å². The van der Waals surface area contributed by atoms with Gasteiger partial charge >= 0.3 is 0 Å². The van der Waals surface area contributed by atoms with Gasteiger partial charge in [0.1, 0.15) is 0 Å². The molecule has 0 radical (unpaired) electrons. The van der Waals surface area contributed by atoms with Crippen molar-refractivity contribution in [3.05, 3.63) is 41.2 Å². The number of rotatable bonds is 3.